The Morgan fingerprint density at radius 1 is 1.47 bits per heavy atom. The molecule has 0 aliphatic rings. The number of aromatic hydroxyl groups is 1. The van der Waals surface area contributed by atoms with Gasteiger partial charge in [0.25, 0.3) is 5.69 Å². The van der Waals surface area contributed by atoms with E-state index in [1.54, 1.807) is 6.92 Å². The van der Waals surface area contributed by atoms with Crippen LogP contribution in [0.3, 0.4) is 0 Å². The fourth-order valence-electron chi connectivity index (χ4n) is 1.61. The van der Waals surface area contributed by atoms with Crippen LogP contribution in [0.5, 0.6) is 5.88 Å². The second kappa shape index (κ2) is 4.89. The van der Waals surface area contributed by atoms with E-state index in [0.29, 0.717) is 0 Å². The lowest BCUT2D eigenvalue weighted by atomic mass is 10.2. The highest BCUT2D eigenvalue weighted by atomic mass is 16.6. The lowest BCUT2D eigenvalue weighted by Crippen LogP contribution is -2.08. The summed E-state index contributed by atoms with van der Waals surface area (Å²) in [5, 5.41) is 20.3. The monoisotopic (exact) mass is 262 g/mol. The van der Waals surface area contributed by atoms with Crippen LogP contribution >= 0.6 is 0 Å². The minimum absolute atomic E-state index is 0.0779. The third-order valence-electron chi connectivity index (χ3n) is 2.57. The Labute approximate surface area is 107 Å². The van der Waals surface area contributed by atoms with E-state index in [9.17, 15) is 20.0 Å². The highest BCUT2D eigenvalue weighted by Gasteiger charge is 2.14. The van der Waals surface area contributed by atoms with E-state index >= 15 is 0 Å². The molecule has 19 heavy (non-hydrogen) atoms. The first-order valence-electron chi connectivity index (χ1n) is 5.50. The van der Waals surface area contributed by atoms with E-state index in [4.69, 9.17) is 4.42 Å². The summed E-state index contributed by atoms with van der Waals surface area (Å²) in [7, 11) is 0. The molecular formula is C12H10N2O5. The molecule has 0 fully saturated rings. The van der Waals surface area contributed by atoms with Crippen molar-refractivity contribution < 1.29 is 14.4 Å². The molecule has 98 valence electrons. The van der Waals surface area contributed by atoms with Crippen LogP contribution in [0.2, 0.25) is 0 Å². The molecule has 0 aliphatic heterocycles. The summed E-state index contributed by atoms with van der Waals surface area (Å²) in [5.74, 6) is -0.566. The lowest BCUT2D eigenvalue weighted by molar-refractivity contribution is -0.384. The largest absolute Gasteiger partial charge is 0.493 e. The van der Waals surface area contributed by atoms with Gasteiger partial charge in [0.2, 0.25) is 11.8 Å². The minimum Gasteiger partial charge on any atom is -0.493 e. The number of rotatable bonds is 3. The van der Waals surface area contributed by atoms with Crippen molar-refractivity contribution >= 4 is 5.69 Å². The Balaban J connectivity index is 2.57. The van der Waals surface area contributed by atoms with E-state index < -0.39 is 16.4 Å². The van der Waals surface area contributed by atoms with E-state index in [-0.39, 0.29) is 29.1 Å². The summed E-state index contributed by atoms with van der Waals surface area (Å²) in [6.07, 6.45) is 0.288. The zero-order valence-electron chi connectivity index (χ0n) is 9.99. The molecule has 1 heterocycles. The molecular weight excluding hydrogens is 252 g/mol. The van der Waals surface area contributed by atoms with Gasteiger partial charge >= 0.3 is 5.63 Å². The summed E-state index contributed by atoms with van der Waals surface area (Å²) in [6, 6.07) is 5.47. The second-order valence-corrected chi connectivity index (χ2v) is 3.77. The van der Waals surface area contributed by atoms with E-state index in [0.717, 1.165) is 0 Å². The summed E-state index contributed by atoms with van der Waals surface area (Å²) in [6.45, 7) is 1.68. The van der Waals surface area contributed by atoms with Gasteiger partial charge < -0.3 is 9.52 Å². The van der Waals surface area contributed by atoms with Crippen molar-refractivity contribution in [1.82, 2.24) is 4.98 Å². The molecule has 0 spiro atoms. The lowest BCUT2D eigenvalue weighted by Gasteiger charge is -2.02. The predicted molar refractivity (Wildman–Crippen MR) is 65.9 cm³/mol. The normalized spacial score (nSPS) is 10.4. The number of benzene rings is 1. The molecule has 0 amide bonds. The van der Waals surface area contributed by atoms with Crippen molar-refractivity contribution in [3.63, 3.8) is 0 Å². The Morgan fingerprint density at radius 3 is 2.79 bits per heavy atom. The van der Waals surface area contributed by atoms with Gasteiger partial charge in [0.05, 0.1) is 10.5 Å². The summed E-state index contributed by atoms with van der Waals surface area (Å²) in [4.78, 5) is 25.4. The number of aromatic nitrogens is 1. The average Bonchev–Trinajstić information content (AvgIpc) is 2.38. The van der Waals surface area contributed by atoms with Crippen LogP contribution in [0.15, 0.2) is 33.5 Å². The Kier molecular flexibility index (Phi) is 3.28. The number of nitro benzene ring substituents is 1. The molecule has 0 saturated heterocycles. The molecule has 7 heteroatoms. The molecule has 1 aromatic carbocycles. The third kappa shape index (κ3) is 2.44. The quantitative estimate of drug-likeness (QED) is 0.668. The minimum atomic E-state index is -0.698. The first-order chi connectivity index (χ1) is 9.02. The van der Waals surface area contributed by atoms with Gasteiger partial charge in [0.15, 0.2) is 0 Å². The molecule has 2 aromatic rings. The number of hydrogen-bond donors (Lipinski definition) is 1. The van der Waals surface area contributed by atoms with Gasteiger partial charge in [-0.2, -0.15) is 4.98 Å². The van der Waals surface area contributed by atoms with Crippen LogP contribution in [0.1, 0.15) is 12.5 Å². The highest BCUT2D eigenvalue weighted by molar-refractivity contribution is 5.58. The first kappa shape index (κ1) is 12.7. The molecule has 0 bridgehead atoms. The van der Waals surface area contributed by atoms with E-state index in [2.05, 4.69) is 4.98 Å². The molecule has 0 aliphatic carbocycles. The average molecular weight is 262 g/mol. The zero-order valence-corrected chi connectivity index (χ0v) is 9.99. The Morgan fingerprint density at radius 2 is 2.21 bits per heavy atom. The standard InChI is InChI=1S/C12H10N2O5/c1-2-9-10(15)13-11(19-12(9)16)7-4-3-5-8(6-7)14(17)18/h3-6,15H,2H2,1H3. The molecule has 1 aromatic heterocycles. The highest BCUT2D eigenvalue weighted by Crippen LogP contribution is 2.23. The smallest absolute Gasteiger partial charge is 0.346 e. The van der Waals surface area contributed by atoms with Gasteiger partial charge in [-0.3, -0.25) is 10.1 Å². The maximum atomic E-state index is 11.6. The van der Waals surface area contributed by atoms with Crippen LogP contribution in [0, 0.1) is 10.1 Å². The summed E-state index contributed by atoms with van der Waals surface area (Å²) < 4.78 is 4.95. The van der Waals surface area contributed by atoms with Crippen molar-refractivity contribution in [3.8, 4) is 17.3 Å². The molecule has 2 rings (SSSR count). The van der Waals surface area contributed by atoms with Crippen LogP contribution in [-0.4, -0.2) is 15.0 Å². The maximum Gasteiger partial charge on any atom is 0.346 e. The van der Waals surface area contributed by atoms with Gasteiger partial charge in [-0.15, -0.1) is 0 Å². The first-order valence-corrected chi connectivity index (χ1v) is 5.50. The molecule has 7 nitrogen and oxygen atoms in total. The molecule has 0 unspecified atom stereocenters. The molecule has 0 radical (unpaired) electrons. The van der Waals surface area contributed by atoms with E-state index in [1.165, 1.54) is 24.3 Å². The van der Waals surface area contributed by atoms with Crippen molar-refractivity contribution in [1.29, 1.82) is 0 Å². The van der Waals surface area contributed by atoms with Gasteiger partial charge in [0, 0.05) is 17.7 Å². The number of nitrogens with zero attached hydrogens (tertiary/aromatic N) is 2. The number of non-ortho nitro benzene ring substituents is 1. The topological polar surface area (TPSA) is 106 Å². The van der Waals surface area contributed by atoms with Gasteiger partial charge in [-0.1, -0.05) is 13.0 Å². The van der Waals surface area contributed by atoms with Crippen molar-refractivity contribution in [3.05, 3.63) is 50.4 Å². The van der Waals surface area contributed by atoms with Gasteiger partial charge in [0.1, 0.15) is 0 Å². The maximum absolute atomic E-state index is 11.6. The van der Waals surface area contributed by atoms with Gasteiger partial charge in [-0.25, -0.2) is 4.79 Å². The number of hydrogen-bond acceptors (Lipinski definition) is 6. The molecule has 0 saturated carbocycles. The Bertz CT molecular complexity index is 693. The Hall–Kier alpha value is -2.70. The van der Waals surface area contributed by atoms with Crippen molar-refractivity contribution in [2.24, 2.45) is 0 Å². The SMILES string of the molecule is CCc1c(O)nc(-c2cccc([N+](=O)[O-])c2)oc1=O. The van der Waals surface area contributed by atoms with E-state index in [1.807, 2.05) is 0 Å². The predicted octanol–water partition coefficient (Wildman–Crippen LogP) is 1.88. The summed E-state index contributed by atoms with van der Waals surface area (Å²) >= 11 is 0. The number of nitro groups is 1. The molecule has 0 atom stereocenters. The van der Waals surface area contributed by atoms with Crippen LogP contribution in [0.4, 0.5) is 5.69 Å². The third-order valence-corrected chi connectivity index (χ3v) is 2.57. The van der Waals surface area contributed by atoms with Crippen molar-refractivity contribution in [2.75, 3.05) is 0 Å². The molecule has 1 N–H and O–H groups in total. The van der Waals surface area contributed by atoms with Crippen LogP contribution < -0.4 is 5.63 Å². The summed E-state index contributed by atoms with van der Waals surface area (Å²) in [5.41, 5.74) is -0.518. The fraction of sp³-hybridized carbons (Fsp3) is 0.167. The fourth-order valence-corrected chi connectivity index (χ4v) is 1.61. The van der Waals surface area contributed by atoms with Gasteiger partial charge in [-0.05, 0) is 12.5 Å². The van der Waals surface area contributed by atoms with Crippen LogP contribution in [-0.2, 0) is 6.42 Å². The second-order valence-electron chi connectivity index (χ2n) is 3.77. The zero-order chi connectivity index (χ0) is 14.0. The van der Waals surface area contributed by atoms with Crippen LogP contribution in [0.25, 0.3) is 11.5 Å². The van der Waals surface area contributed by atoms with Crippen molar-refractivity contribution in [2.45, 2.75) is 13.3 Å².